The van der Waals surface area contributed by atoms with Crippen molar-refractivity contribution in [3.8, 4) is 22.4 Å². The summed E-state index contributed by atoms with van der Waals surface area (Å²) in [5.41, 5.74) is 7.80. The number of aromatic nitrogens is 2. The Hall–Kier alpha value is -2.86. The number of piperazine rings is 1. The summed E-state index contributed by atoms with van der Waals surface area (Å²) in [5, 5.41) is 14.4. The number of benzene rings is 2. The number of rotatable bonds is 6. The molecule has 1 aliphatic rings. The van der Waals surface area contributed by atoms with Gasteiger partial charge in [-0.3, -0.25) is 0 Å². The van der Waals surface area contributed by atoms with E-state index >= 15 is 0 Å². The first kappa shape index (κ1) is 22.0. The lowest BCUT2D eigenvalue weighted by Crippen LogP contribution is -2.43. The molecule has 1 saturated heterocycles. The molecule has 5 nitrogen and oxygen atoms in total. The monoisotopic (exact) mass is 460 g/mol. The van der Waals surface area contributed by atoms with Crippen LogP contribution in [-0.4, -0.2) is 47.4 Å². The molecule has 1 fully saturated rings. The molecule has 0 saturated carbocycles. The van der Waals surface area contributed by atoms with Gasteiger partial charge in [0.25, 0.3) is 0 Å². The maximum absolute atomic E-state index is 9.27. The number of hydrogen-bond acceptors (Lipinski definition) is 4. The number of nitrogens with zero attached hydrogens (tertiary/aromatic N) is 3. The van der Waals surface area contributed by atoms with Crippen LogP contribution < -0.4 is 10.2 Å². The molecule has 0 spiro atoms. The molecule has 0 atom stereocenters. The fourth-order valence-corrected chi connectivity index (χ4v) is 5.08. The highest BCUT2D eigenvalue weighted by atomic mass is 35.5. The van der Waals surface area contributed by atoms with Crippen molar-refractivity contribution < 1.29 is 5.11 Å². The van der Waals surface area contributed by atoms with Crippen molar-refractivity contribution in [1.29, 1.82) is 0 Å². The van der Waals surface area contributed by atoms with Gasteiger partial charge < -0.3 is 19.9 Å². The average Bonchev–Trinajstić information content (AvgIpc) is 3.17. The zero-order chi connectivity index (χ0) is 22.8. The lowest BCUT2D eigenvalue weighted by molar-refractivity contribution is 0.288. The average molecular weight is 461 g/mol. The highest BCUT2D eigenvalue weighted by Gasteiger charge is 2.22. The number of aryl methyl sites for hydroxylation is 2. The summed E-state index contributed by atoms with van der Waals surface area (Å²) in [4.78, 5) is 7.09. The van der Waals surface area contributed by atoms with E-state index < -0.39 is 0 Å². The number of nitrogens with one attached hydrogen (secondary N) is 1. The highest BCUT2D eigenvalue weighted by molar-refractivity contribution is 6.37. The summed E-state index contributed by atoms with van der Waals surface area (Å²) in [6.45, 7) is 4.29. The van der Waals surface area contributed by atoms with Crippen LogP contribution in [0.2, 0.25) is 5.02 Å². The van der Waals surface area contributed by atoms with Crippen molar-refractivity contribution in [3.63, 3.8) is 0 Å². The summed E-state index contributed by atoms with van der Waals surface area (Å²) < 4.78 is 2.15. The van der Waals surface area contributed by atoms with Crippen LogP contribution in [0.25, 0.3) is 33.4 Å². The number of fused-ring (bicyclic) bond motifs is 1. The van der Waals surface area contributed by atoms with Gasteiger partial charge in [-0.15, -0.1) is 0 Å². The Morgan fingerprint density at radius 2 is 1.82 bits per heavy atom. The number of pyridine rings is 1. The molecule has 170 valence electrons. The molecule has 3 heterocycles. The van der Waals surface area contributed by atoms with Crippen molar-refractivity contribution in [3.05, 3.63) is 71.4 Å². The Kier molecular flexibility index (Phi) is 6.36. The molecule has 2 aromatic heterocycles. The summed E-state index contributed by atoms with van der Waals surface area (Å²) >= 11 is 6.74. The molecule has 4 aromatic rings. The van der Waals surface area contributed by atoms with Crippen molar-refractivity contribution in [2.75, 3.05) is 37.7 Å². The molecule has 2 aromatic carbocycles. The second kappa shape index (κ2) is 9.56. The molecular weight excluding hydrogens is 432 g/mol. The topological polar surface area (TPSA) is 53.3 Å². The fourth-order valence-electron chi connectivity index (χ4n) is 4.84. The molecule has 0 amide bonds. The van der Waals surface area contributed by atoms with Crippen LogP contribution in [0, 0.1) is 0 Å². The van der Waals surface area contributed by atoms with E-state index in [1.807, 2.05) is 6.07 Å². The van der Waals surface area contributed by atoms with E-state index in [1.165, 1.54) is 11.3 Å². The molecule has 0 bridgehead atoms. The molecule has 5 rings (SSSR count). The minimum Gasteiger partial charge on any atom is -0.396 e. The SMILES string of the molecule is Cn1c(-c2ccc(N3CCNCC3)cc2)c(-c2cccc(CCCO)c2)c2c(Cl)ccnc21. The van der Waals surface area contributed by atoms with Gasteiger partial charge in [-0.25, -0.2) is 4.98 Å². The van der Waals surface area contributed by atoms with Crippen LogP contribution in [0.3, 0.4) is 0 Å². The third-order valence-corrected chi connectivity index (χ3v) is 6.80. The van der Waals surface area contributed by atoms with Crippen LogP contribution in [0.4, 0.5) is 5.69 Å². The zero-order valence-corrected chi connectivity index (χ0v) is 19.6. The third kappa shape index (κ3) is 4.24. The summed E-state index contributed by atoms with van der Waals surface area (Å²) in [6.07, 6.45) is 3.36. The third-order valence-electron chi connectivity index (χ3n) is 6.48. The first-order valence-corrected chi connectivity index (χ1v) is 11.9. The number of aliphatic hydroxyl groups is 1. The fraction of sp³-hybridized carbons (Fsp3) is 0.296. The molecule has 2 N–H and O–H groups in total. The highest BCUT2D eigenvalue weighted by Crippen LogP contribution is 2.43. The van der Waals surface area contributed by atoms with Crippen LogP contribution in [-0.2, 0) is 13.5 Å². The minimum atomic E-state index is 0.193. The number of anilines is 1. The Bertz CT molecular complexity index is 1260. The second-order valence-electron chi connectivity index (χ2n) is 8.59. The van der Waals surface area contributed by atoms with E-state index in [2.05, 4.69) is 75.3 Å². The van der Waals surface area contributed by atoms with Crippen molar-refractivity contribution in [2.24, 2.45) is 7.05 Å². The van der Waals surface area contributed by atoms with Gasteiger partial charge in [0.2, 0.25) is 0 Å². The van der Waals surface area contributed by atoms with Crippen molar-refractivity contribution in [1.82, 2.24) is 14.9 Å². The van der Waals surface area contributed by atoms with Gasteiger partial charge in [0, 0.05) is 62.7 Å². The molecule has 33 heavy (non-hydrogen) atoms. The van der Waals surface area contributed by atoms with Crippen LogP contribution in [0.15, 0.2) is 60.8 Å². The second-order valence-corrected chi connectivity index (χ2v) is 8.99. The number of hydrogen-bond donors (Lipinski definition) is 2. The molecule has 0 unspecified atom stereocenters. The van der Waals surface area contributed by atoms with Gasteiger partial charge in [0.05, 0.1) is 10.7 Å². The van der Waals surface area contributed by atoms with E-state index in [4.69, 9.17) is 11.6 Å². The van der Waals surface area contributed by atoms with Gasteiger partial charge in [0.15, 0.2) is 0 Å². The van der Waals surface area contributed by atoms with E-state index in [0.717, 1.165) is 72.4 Å². The molecule has 1 aliphatic heterocycles. The van der Waals surface area contributed by atoms with E-state index in [9.17, 15) is 5.11 Å². The maximum atomic E-state index is 9.27. The van der Waals surface area contributed by atoms with Gasteiger partial charge in [0.1, 0.15) is 5.65 Å². The van der Waals surface area contributed by atoms with Crippen LogP contribution in [0.5, 0.6) is 0 Å². The lowest BCUT2D eigenvalue weighted by atomic mass is 9.96. The molecule has 0 radical (unpaired) electrons. The van der Waals surface area contributed by atoms with E-state index in [-0.39, 0.29) is 6.61 Å². The van der Waals surface area contributed by atoms with E-state index in [1.54, 1.807) is 6.20 Å². The van der Waals surface area contributed by atoms with E-state index in [0.29, 0.717) is 5.02 Å². The van der Waals surface area contributed by atoms with Crippen molar-refractivity contribution in [2.45, 2.75) is 12.8 Å². The normalized spacial score (nSPS) is 14.2. The Balaban J connectivity index is 1.65. The first-order valence-electron chi connectivity index (χ1n) is 11.6. The predicted molar refractivity (Wildman–Crippen MR) is 137 cm³/mol. The standard InChI is InChI=1S/C27H29ClN4O/c1-31-26(20-7-9-22(10-8-20)32-15-13-29-14-16-32)24(25-23(28)11-12-30-27(25)31)21-6-2-4-19(18-21)5-3-17-33/h2,4,6-12,18,29,33H,3,5,13-17H2,1H3. The predicted octanol–water partition coefficient (Wildman–Crippen LogP) is 4.90. The van der Waals surface area contributed by atoms with Gasteiger partial charge >= 0.3 is 0 Å². The summed E-state index contributed by atoms with van der Waals surface area (Å²) in [7, 11) is 2.06. The Morgan fingerprint density at radius 1 is 1.03 bits per heavy atom. The molecule has 0 aliphatic carbocycles. The van der Waals surface area contributed by atoms with Crippen LogP contribution >= 0.6 is 11.6 Å². The van der Waals surface area contributed by atoms with Gasteiger partial charge in [-0.2, -0.15) is 0 Å². The molecular formula is C27H29ClN4O. The Morgan fingerprint density at radius 3 is 2.58 bits per heavy atom. The minimum absolute atomic E-state index is 0.193. The first-order chi connectivity index (χ1) is 16.2. The smallest absolute Gasteiger partial charge is 0.142 e. The maximum Gasteiger partial charge on any atom is 0.142 e. The van der Waals surface area contributed by atoms with Crippen LogP contribution in [0.1, 0.15) is 12.0 Å². The van der Waals surface area contributed by atoms with Gasteiger partial charge in [-0.05, 0) is 47.7 Å². The molecule has 6 heteroatoms. The van der Waals surface area contributed by atoms with Gasteiger partial charge in [-0.1, -0.05) is 48.0 Å². The quantitative estimate of drug-likeness (QED) is 0.430. The largest absolute Gasteiger partial charge is 0.396 e. The Labute approximate surface area is 199 Å². The lowest BCUT2D eigenvalue weighted by Gasteiger charge is -2.29. The zero-order valence-electron chi connectivity index (χ0n) is 18.9. The van der Waals surface area contributed by atoms with Crippen molar-refractivity contribution >= 4 is 28.3 Å². The summed E-state index contributed by atoms with van der Waals surface area (Å²) in [6, 6.07) is 19.3. The number of aliphatic hydroxyl groups excluding tert-OH is 1. The summed E-state index contributed by atoms with van der Waals surface area (Å²) in [5.74, 6) is 0. The number of halogens is 1.